The van der Waals surface area contributed by atoms with Gasteiger partial charge in [0.2, 0.25) is 5.91 Å². The van der Waals surface area contributed by atoms with Gasteiger partial charge in [-0.25, -0.2) is 4.79 Å². The molecular formula is C52H72N2O7. The lowest BCUT2D eigenvalue weighted by atomic mass is 9.44. The van der Waals surface area contributed by atoms with E-state index in [1.54, 1.807) is 21.3 Å². The van der Waals surface area contributed by atoms with Crippen LogP contribution in [-0.2, 0) is 19.9 Å². The number of alkyl carbamates (subject to hydrolysis) is 1. The van der Waals surface area contributed by atoms with Gasteiger partial charge in [-0.15, -0.1) is 0 Å². The second kappa shape index (κ2) is 19.5. The summed E-state index contributed by atoms with van der Waals surface area (Å²) in [5.41, 5.74) is 2.56. The quantitative estimate of drug-likeness (QED) is 0.116. The normalized spacial score (nSPS) is 29.2. The Labute approximate surface area is 365 Å². The van der Waals surface area contributed by atoms with E-state index in [1.165, 1.54) is 38.5 Å². The molecule has 0 aliphatic heterocycles. The molecule has 10 atom stereocenters. The summed E-state index contributed by atoms with van der Waals surface area (Å²) in [4.78, 5) is 25.2. The molecule has 3 N–H and O–H groups in total. The third-order valence-corrected chi connectivity index (χ3v) is 16.4. The van der Waals surface area contributed by atoms with Crippen LogP contribution in [0, 0.1) is 46.3 Å². The molecule has 9 heteroatoms. The summed E-state index contributed by atoms with van der Waals surface area (Å²) in [6, 6.07) is 26.0. The fourth-order valence-electron chi connectivity index (χ4n) is 13.1. The number of hydrogen-bond acceptors (Lipinski definition) is 7. The molecule has 0 spiro atoms. The van der Waals surface area contributed by atoms with E-state index in [2.05, 4.69) is 43.5 Å². The standard InChI is InChI=1S/C52H72N2O7/c1-35(12-25-48(56)53-4)45-23-24-46-44-22-17-39-34-43(26-30-50(39,2)47(44)27-31-51(45,46)3)61-49(57)54-32-28-40(55)29-33-60-52(36-10-8-7-9-11-36,37-13-18-41(58-5)19-14-37)38-15-20-42(59-6)21-16-38/h7-11,13-16,18-21,35,39-40,43-47,55H,12,17,22-34H2,1-6H3,(H,53,56)(H,54,57)/t35-,39?,40?,43-,44+,45-,46+,47+,50+,51-/m1/s1. The van der Waals surface area contributed by atoms with Gasteiger partial charge in [-0.1, -0.05) is 75.4 Å². The highest BCUT2D eigenvalue weighted by molar-refractivity contribution is 5.75. The van der Waals surface area contributed by atoms with Gasteiger partial charge in [0.15, 0.2) is 0 Å². The molecule has 3 aromatic rings. The Bertz CT molecular complexity index is 1840. The van der Waals surface area contributed by atoms with Gasteiger partial charge in [0, 0.05) is 20.0 Å². The second-order valence-electron chi connectivity index (χ2n) is 19.4. The Morgan fingerprint density at radius 2 is 1.39 bits per heavy atom. The van der Waals surface area contributed by atoms with Crippen LogP contribution >= 0.6 is 0 Å². The molecule has 4 saturated carbocycles. The number of methoxy groups -OCH3 is 2. The Balaban J connectivity index is 0.898. The second-order valence-corrected chi connectivity index (χ2v) is 19.4. The summed E-state index contributed by atoms with van der Waals surface area (Å²) in [7, 11) is 5.05. The van der Waals surface area contributed by atoms with Crippen LogP contribution in [0.1, 0.15) is 121 Å². The van der Waals surface area contributed by atoms with E-state index in [4.69, 9.17) is 18.9 Å². The number of carbonyl (C=O) groups excluding carboxylic acids is 2. The number of carbonyl (C=O) groups is 2. The van der Waals surface area contributed by atoms with Gasteiger partial charge in [0.25, 0.3) is 0 Å². The van der Waals surface area contributed by atoms with Crippen LogP contribution in [0.4, 0.5) is 4.79 Å². The number of fused-ring (bicyclic) bond motifs is 5. The molecule has 0 aromatic heterocycles. The maximum Gasteiger partial charge on any atom is 0.407 e. The van der Waals surface area contributed by atoms with Gasteiger partial charge < -0.3 is 34.7 Å². The third-order valence-electron chi connectivity index (χ3n) is 16.4. The summed E-state index contributed by atoms with van der Waals surface area (Å²) in [6.45, 7) is 8.16. The molecule has 0 radical (unpaired) electrons. The molecule has 0 saturated heterocycles. The summed E-state index contributed by atoms with van der Waals surface area (Å²) in [5, 5.41) is 16.9. The van der Waals surface area contributed by atoms with E-state index in [0.29, 0.717) is 54.4 Å². The number of benzene rings is 3. The van der Waals surface area contributed by atoms with Crippen molar-refractivity contribution in [1.29, 1.82) is 0 Å². The minimum absolute atomic E-state index is 0.0687. The van der Waals surface area contributed by atoms with Crippen molar-refractivity contribution < 1.29 is 33.6 Å². The number of amides is 2. The zero-order chi connectivity index (χ0) is 43.2. The maximum atomic E-state index is 13.1. The molecule has 332 valence electrons. The van der Waals surface area contributed by atoms with E-state index in [-0.39, 0.29) is 24.7 Å². The number of aliphatic hydroxyl groups excluding tert-OH is 1. The van der Waals surface area contributed by atoms with Gasteiger partial charge in [0.05, 0.1) is 26.9 Å². The van der Waals surface area contributed by atoms with E-state index in [0.717, 1.165) is 71.6 Å². The first-order chi connectivity index (χ1) is 29.4. The van der Waals surface area contributed by atoms with Crippen molar-refractivity contribution in [1.82, 2.24) is 10.6 Å². The molecule has 61 heavy (non-hydrogen) atoms. The van der Waals surface area contributed by atoms with Crippen LogP contribution in [-0.4, -0.2) is 63.7 Å². The largest absolute Gasteiger partial charge is 0.497 e. The molecule has 9 nitrogen and oxygen atoms in total. The lowest BCUT2D eigenvalue weighted by Crippen LogP contribution is -2.54. The Hall–Kier alpha value is -4.08. The zero-order valence-electron chi connectivity index (χ0n) is 37.6. The smallest absolute Gasteiger partial charge is 0.407 e. The molecule has 4 aliphatic carbocycles. The minimum atomic E-state index is -0.956. The summed E-state index contributed by atoms with van der Waals surface area (Å²) in [5.74, 6) is 5.85. The predicted molar refractivity (Wildman–Crippen MR) is 239 cm³/mol. The van der Waals surface area contributed by atoms with Crippen LogP contribution in [0.25, 0.3) is 0 Å². The van der Waals surface area contributed by atoms with Crippen molar-refractivity contribution in [3.05, 3.63) is 95.6 Å². The summed E-state index contributed by atoms with van der Waals surface area (Å²) >= 11 is 0. The molecule has 0 heterocycles. The van der Waals surface area contributed by atoms with E-state index < -0.39 is 11.7 Å². The lowest BCUT2D eigenvalue weighted by Gasteiger charge is -2.61. The third kappa shape index (κ3) is 9.34. The van der Waals surface area contributed by atoms with Crippen molar-refractivity contribution in [2.75, 3.05) is 34.4 Å². The van der Waals surface area contributed by atoms with Crippen LogP contribution in [0.2, 0.25) is 0 Å². The van der Waals surface area contributed by atoms with Crippen LogP contribution in [0.5, 0.6) is 11.5 Å². The average molecular weight is 837 g/mol. The van der Waals surface area contributed by atoms with Crippen molar-refractivity contribution in [3.8, 4) is 11.5 Å². The molecular weight excluding hydrogens is 765 g/mol. The molecule has 2 amide bonds. The number of nitrogens with one attached hydrogen (secondary N) is 2. The highest BCUT2D eigenvalue weighted by atomic mass is 16.6. The fourth-order valence-corrected chi connectivity index (χ4v) is 13.1. The summed E-state index contributed by atoms with van der Waals surface area (Å²) in [6.07, 6.45) is 12.0. The van der Waals surface area contributed by atoms with Gasteiger partial charge in [-0.2, -0.15) is 0 Å². The highest BCUT2D eigenvalue weighted by Gasteiger charge is 2.60. The number of rotatable bonds is 17. The monoisotopic (exact) mass is 837 g/mol. The fraction of sp³-hybridized carbons (Fsp3) is 0.615. The Morgan fingerprint density at radius 1 is 0.770 bits per heavy atom. The van der Waals surface area contributed by atoms with Gasteiger partial charge in [0.1, 0.15) is 23.2 Å². The van der Waals surface area contributed by atoms with Gasteiger partial charge >= 0.3 is 6.09 Å². The number of hydrogen-bond donors (Lipinski definition) is 3. The van der Waals surface area contributed by atoms with E-state index in [9.17, 15) is 14.7 Å². The molecule has 2 unspecified atom stereocenters. The van der Waals surface area contributed by atoms with Crippen molar-refractivity contribution in [2.45, 2.75) is 122 Å². The number of ether oxygens (including phenoxy) is 4. The Kier molecular flexibility index (Phi) is 14.4. The number of aliphatic hydroxyl groups is 1. The van der Waals surface area contributed by atoms with Gasteiger partial charge in [-0.05, 0) is 164 Å². The summed E-state index contributed by atoms with van der Waals surface area (Å²) < 4.78 is 23.9. The van der Waals surface area contributed by atoms with Crippen molar-refractivity contribution in [2.24, 2.45) is 46.3 Å². The van der Waals surface area contributed by atoms with Crippen molar-refractivity contribution >= 4 is 12.0 Å². The molecule has 0 bridgehead atoms. The van der Waals surface area contributed by atoms with Crippen molar-refractivity contribution in [3.63, 3.8) is 0 Å². The molecule has 3 aromatic carbocycles. The predicted octanol–water partition coefficient (Wildman–Crippen LogP) is 10.1. The topological polar surface area (TPSA) is 115 Å². The first-order valence-corrected chi connectivity index (χ1v) is 23.3. The molecule has 4 aliphatic rings. The minimum Gasteiger partial charge on any atom is -0.497 e. The average Bonchev–Trinajstić information content (AvgIpc) is 3.65. The first kappa shape index (κ1) is 45.0. The van der Waals surface area contributed by atoms with E-state index >= 15 is 0 Å². The van der Waals surface area contributed by atoms with E-state index in [1.807, 2.05) is 66.7 Å². The molecule has 4 fully saturated rings. The maximum absolute atomic E-state index is 13.1. The lowest BCUT2D eigenvalue weighted by molar-refractivity contribution is -0.130. The first-order valence-electron chi connectivity index (χ1n) is 23.3. The molecule has 7 rings (SSSR count). The SMILES string of the molecule is CNC(=O)CC[C@@H](C)[C@H]1CC[C@H]2[C@@H]3CCC4C[C@H](OC(=O)NCCC(O)CCOC(c5ccccc5)(c5ccc(OC)cc5)c5ccc(OC)cc5)CC[C@]4(C)[C@H]3CC[C@]12C. The zero-order valence-corrected chi connectivity index (χ0v) is 37.6. The highest BCUT2D eigenvalue weighted by Crippen LogP contribution is 2.68. The van der Waals surface area contributed by atoms with Crippen LogP contribution in [0.15, 0.2) is 78.9 Å². The Morgan fingerprint density at radius 3 is 2.03 bits per heavy atom. The van der Waals surface area contributed by atoms with Crippen LogP contribution in [0.3, 0.4) is 0 Å². The van der Waals surface area contributed by atoms with Gasteiger partial charge in [-0.3, -0.25) is 4.79 Å². The van der Waals surface area contributed by atoms with Crippen LogP contribution < -0.4 is 20.1 Å².